The molecular formula is C22H40O4. The quantitative estimate of drug-likeness (QED) is 0.255. The van der Waals surface area contributed by atoms with Gasteiger partial charge in [-0.3, -0.25) is 4.79 Å². The highest BCUT2D eigenvalue weighted by molar-refractivity contribution is 5.69. The highest BCUT2D eigenvalue weighted by Gasteiger charge is 2.41. The molecule has 1 aliphatic heterocycles. The summed E-state index contributed by atoms with van der Waals surface area (Å²) < 4.78 is 4.79. The van der Waals surface area contributed by atoms with Gasteiger partial charge in [-0.05, 0) is 38.0 Å². The summed E-state index contributed by atoms with van der Waals surface area (Å²) in [6.45, 7) is 11.1. The van der Waals surface area contributed by atoms with Gasteiger partial charge in [-0.2, -0.15) is 0 Å². The maximum atomic E-state index is 11.6. The summed E-state index contributed by atoms with van der Waals surface area (Å²) >= 11 is 0. The van der Waals surface area contributed by atoms with Crippen LogP contribution >= 0.6 is 0 Å². The predicted molar refractivity (Wildman–Crippen MR) is 106 cm³/mol. The number of hydrogen-bond acceptors (Lipinski definition) is 4. The van der Waals surface area contributed by atoms with E-state index in [1.807, 2.05) is 0 Å². The van der Waals surface area contributed by atoms with Gasteiger partial charge < -0.3 is 4.74 Å². The SMILES string of the molecule is CCCCC(CC)CC(C)=CC1(CC)CC(CC)C(CC(=O)OC)OO1. The summed E-state index contributed by atoms with van der Waals surface area (Å²) in [6.07, 6.45) is 11.3. The van der Waals surface area contributed by atoms with Crippen molar-refractivity contribution in [2.45, 2.75) is 104 Å². The minimum Gasteiger partial charge on any atom is -0.469 e. The zero-order valence-corrected chi connectivity index (χ0v) is 17.8. The molecule has 152 valence electrons. The van der Waals surface area contributed by atoms with Gasteiger partial charge in [-0.15, -0.1) is 0 Å². The van der Waals surface area contributed by atoms with Crippen molar-refractivity contribution < 1.29 is 19.3 Å². The zero-order chi connectivity index (χ0) is 19.6. The Bertz CT molecular complexity index is 445. The number of ether oxygens (including phenoxy) is 1. The Morgan fingerprint density at radius 1 is 1.31 bits per heavy atom. The molecule has 0 aliphatic carbocycles. The van der Waals surface area contributed by atoms with Crippen molar-refractivity contribution >= 4 is 5.97 Å². The second kappa shape index (κ2) is 11.8. The van der Waals surface area contributed by atoms with Crippen LogP contribution in [0.5, 0.6) is 0 Å². The van der Waals surface area contributed by atoms with Crippen molar-refractivity contribution in [2.75, 3.05) is 7.11 Å². The Kier molecular flexibility index (Phi) is 10.5. The van der Waals surface area contributed by atoms with E-state index in [1.165, 1.54) is 38.4 Å². The van der Waals surface area contributed by atoms with Gasteiger partial charge in [0.2, 0.25) is 0 Å². The predicted octanol–water partition coefficient (Wildman–Crippen LogP) is 6.00. The van der Waals surface area contributed by atoms with Gasteiger partial charge in [0.25, 0.3) is 0 Å². The van der Waals surface area contributed by atoms with Crippen LogP contribution in [0.2, 0.25) is 0 Å². The molecule has 4 nitrogen and oxygen atoms in total. The van der Waals surface area contributed by atoms with Gasteiger partial charge in [0, 0.05) is 0 Å². The third kappa shape index (κ3) is 7.03. The van der Waals surface area contributed by atoms with Crippen molar-refractivity contribution in [3.63, 3.8) is 0 Å². The molecule has 4 heteroatoms. The lowest BCUT2D eigenvalue weighted by molar-refractivity contribution is -0.409. The molecule has 1 heterocycles. The lowest BCUT2D eigenvalue weighted by Gasteiger charge is -2.41. The van der Waals surface area contributed by atoms with Gasteiger partial charge in [0.15, 0.2) is 0 Å². The summed E-state index contributed by atoms with van der Waals surface area (Å²) in [5.74, 6) is 0.807. The summed E-state index contributed by atoms with van der Waals surface area (Å²) in [5, 5.41) is 0. The number of esters is 1. The van der Waals surface area contributed by atoms with E-state index >= 15 is 0 Å². The lowest BCUT2D eigenvalue weighted by Crippen LogP contribution is -2.44. The number of allylic oxidation sites excluding steroid dienone is 1. The van der Waals surface area contributed by atoms with Crippen LogP contribution in [-0.4, -0.2) is 24.8 Å². The highest BCUT2D eigenvalue weighted by Crippen LogP contribution is 2.39. The Balaban J connectivity index is 2.79. The van der Waals surface area contributed by atoms with Crippen molar-refractivity contribution in [3.05, 3.63) is 11.6 Å². The Hall–Kier alpha value is -0.870. The number of hydrogen-bond donors (Lipinski definition) is 0. The van der Waals surface area contributed by atoms with E-state index in [0.29, 0.717) is 5.92 Å². The fourth-order valence-electron chi connectivity index (χ4n) is 4.00. The molecule has 0 saturated carbocycles. The second-order valence-corrected chi connectivity index (χ2v) is 7.90. The first-order valence-corrected chi connectivity index (χ1v) is 10.5. The Morgan fingerprint density at radius 3 is 2.58 bits per heavy atom. The first kappa shape index (κ1) is 23.2. The Morgan fingerprint density at radius 2 is 2.04 bits per heavy atom. The average molecular weight is 369 g/mol. The van der Waals surface area contributed by atoms with E-state index in [-0.39, 0.29) is 24.1 Å². The normalized spacial score (nSPS) is 28.0. The van der Waals surface area contributed by atoms with Gasteiger partial charge in [-0.1, -0.05) is 71.4 Å². The second-order valence-electron chi connectivity index (χ2n) is 7.90. The van der Waals surface area contributed by atoms with Crippen molar-refractivity contribution in [1.82, 2.24) is 0 Å². The van der Waals surface area contributed by atoms with Gasteiger partial charge in [0.05, 0.1) is 13.5 Å². The van der Waals surface area contributed by atoms with Crippen LogP contribution in [0.25, 0.3) is 0 Å². The maximum absolute atomic E-state index is 11.6. The third-order valence-corrected chi connectivity index (χ3v) is 5.85. The average Bonchev–Trinajstić information content (AvgIpc) is 2.66. The molecule has 1 rings (SSSR count). The molecule has 0 spiro atoms. The highest BCUT2D eigenvalue weighted by atomic mass is 17.2. The van der Waals surface area contributed by atoms with E-state index in [0.717, 1.165) is 31.6 Å². The van der Waals surface area contributed by atoms with E-state index in [2.05, 4.69) is 40.7 Å². The maximum Gasteiger partial charge on any atom is 0.308 e. The van der Waals surface area contributed by atoms with Crippen LogP contribution in [-0.2, 0) is 19.3 Å². The number of rotatable bonds is 11. The molecular weight excluding hydrogens is 328 g/mol. The number of unbranched alkanes of at least 4 members (excludes halogenated alkanes) is 1. The summed E-state index contributed by atoms with van der Waals surface area (Å²) in [7, 11) is 1.41. The fraction of sp³-hybridized carbons (Fsp3) is 0.864. The van der Waals surface area contributed by atoms with E-state index in [1.54, 1.807) is 0 Å². The van der Waals surface area contributed by atoms with Crippen LogP contribution in [0.1, 0.15) is 92.4 Å². The van der Waals surface area contributed by atoms with Gasteiger partial charge in [0.1, 0.15) is 11.7 Å². The molecule has 0 aromatic heterocycles. The van der Waals surface area contributed by atoms with Crippen molar-refractivity contribution in [2.24, 2.45) is 11.8 Å². The largest absolute Gasteiger partial charge is 0.469 e. The van der Waals surface area contributed by atoms with Crippen LogP contribution in [0, 0.1) is 11.8 Å². The smallest absolute Gasteiger partial charge is 0.308 e. The van der Waals surface area contributed by atoms with Crippen LogP contribution in [0.3, 0.4) is 0 Å². The first-order chi connectivity index (χ1) is 12.4. The molecule has 4 atom stereocenters. The molecule has 0 bridgehead atoms. The van der Waals surface area contributed by atoms with Gasteiger partial charge >= 0.3 is 5.97 Å². The first-order valence-electron chi connectivity index (χ1n) is 10.5. The zero-order valence-electron chi connectivity index (χ0n) is 17.8. The van der Waals surface area contributed by atoms with Crippen molar-refractivity contribution in [3.8, 4) is 0 Å². The van der Waals surface area contributed by atoms with Crippen LogP contribution in [0.4, 0.5) is 0 Å². The van der Waals surface area contributed by atoms with Gasteiger partial charge in [-0.25, -0.2) is 9.78 Å². The monoisotopic (exact) mass is 368 g/mol. The molecule has 1 aliphatic rings. The summed E-state index contributed by atoms with van der Waals surface area (Å²) in [4.78, 5) is 23.2. The van der Waals surface area contributed by atoms with E-state index in [4.69, 9.17) is 14.5 Å². The topological polar surface area (TPSA) is 44.8 Å². The fourth-order valence-corrected chi connectivity index (χ4v) is 4.00. The lowest BCUT2D eigenvalue weighted by atomic mass is 9.80. The molecule has 0 aromatic carbocycles. The minimum absolute atomic E-state index is 0.214. The molecule has 26 heavy (non-hydrogen) atoms. The number of carbonyl (C=O) groups is 1. The van der Waals surface area contributed by atoms with E-state index < -0.39 is 0 Å². The Labute approximate surface area is 160 Å². The standard InChI is InChI=1S/C22H40O4/c1-7-11-12-18(8-2)13-17(5)15-22(10-4)16-19(9-3)20(25-26-22)14-21(23)24-6/h15,18-20H,7-14,16H2,1-6H3. The molecule has 4 unspecified atom stereocenters. The third-order valence-electron chi connectivity index (χ3n) is 5.85. The minimum atomic E-state index is -0.375. The molecule has 0 amide bonds. The molecule has 1 saturated heterocycles. The summed E-state index contributed by atoms with van der Waals surface area (Å²) in [5.41, 5.74) is 1.01. The number of methoxy groups -OCH3 is 1. The van der Waals surface area contributed by atoms with Crippen molar-refractivity contribution in [1.29, 1.82) is 0 Å². The number of carbonyl (C=O) groups excluding carboxylic acids is 1. The summed E-state index contributed by atoms with van der Waals surface area (Å²) in [6, 6.07) is 0. The van der Waals surface area contributed by atoms with E-state index in [9.17, 15) is 4.79 Å². The molecule has 0 N–H and O–H groups in total. The van der Waals surface area contributed by atoms with Crippen LogP contribution in [0.15, 0.2) is 11.6 Å². The molecule has 0 aromatic rings. The molecule has 0 radical (unpaired) electrons. The van der Waals surface area contributed by atoms with Crippen LogP contribution < -0.4 is 0 Å². The molecule has 1 fully saturated rings.